The molecular weight excluding hydrogens is 258 g/mol. The van der Waals surface area contributed by atoms with Crippen molar-refractivity contribution in [2.24, 2.45) is 0 Å². The predicted molar refractivity (Wildman–Crippen MR) is 50.8 cm³/mol. The van der Waals surface area contributed by atoms with Gasteiger partial charge in [-0.05, 0) is 12.8 Å². The Bertz CT molecular complexity index is 151. The summed E-state index contributed by atoms with van der Waals surface area (Å²) in [5, 5.41) is 8.53. The summed E-state index contributed by atoms with van der Waals surface area (Å²) < 4.78 is -1.59. The largest absolute Gasteiger partial charge is 0.479 e. The molecule has 0 spiro atoms. The van der Waals surface area contributed by atoms with E-state index in [0.29, 0.717) is 6.42 Å². The van der Waals surface area contributed by atoms with E-state index >= 15 is 0 Å². The van der Waals surface area contributed by atoms with Crippen LogP contribution in [0.15, 0.2) is 0 Å². The fourth-order valence-electron chi connectivity index (χ4n) is 0.881. The molecular formula is C8H14Cl2NiO2. The van der Waals surface area contributed by atoms with Gasteiger partial charge in [0, 0.05) is 16.5 Å². The number of carboxylic acid groups (broad SMARTS) is 1. The average Bonchev–Trinajstić information content (AvgIpc) is 1.98. The Hall–Kier alpha value is 0.544. The minimum absolute atomic E-state index is 0. The van der Waals surface area contributed by atoms with E-state index in [1.54, 1.807) is 0 Å². The monoisotopic (exact) mass is 270 g/mol. The van der Waals surface area contributed by atoms with Crippen molar-refractivity contribution in [3.63, 3.8) is 0 Å². The average molecular weight is 272 g/mol. The quantitative estimate of drug-likeness (QED) is 0.458. The van der Waals surface area contributed by atoms with Gasteiger partial charge in [-0.15, -0.1) is 0 Å². The van der Waals surface area contributed by atoms with E-state index in [1.807, 2.05) is 0 Å². The summed E-state index contributed by atoms with van der Waals surface area (Å²) in [6.07, 6.45) is 4.30. The molecule has 1 N–H and O–H groups in total. The van der Waals surface area contributed by atoms with Crippen LogP contribution in [0.1, 0.15) is 39.0 Å². The fourth-order valence-corrected chi connectivity index (χ4v) is 1.15. The van der Waals surface area contributed by atoms with Crippen LogP contribution in [0.5, 0.6) is 0 Å². The second kappa shape index (κ2) is 7.90. The summed E-state index contributed by atoms with van der Waals surface area (Å²) in [5.74, 6) is -1.15. The van der Waals surface area contributed by atoms with Crippen molar-refractivity contribution >= 4 is 29.2 Å². The Morgan fingerprint density at radius 3 is 2.23 bits per heavy atom. The van der Waals surface area contributed by atoms with Crippen LogP contribution in [0.2, 0.25) is 0 Å². The maximum Gasteiger partial charge on any atom is 0.340 e. The summed E-state index contributed by atoms with van der Waals surface area (Å²) >= 11 is 11.0. The topological polar surface area (TPSA) is 37.3 Å². The zero-order valence-electron chi connectivity index (χ0n) is 7.46. The van der Waals surface area contributed by atoms with E-state index in [4.69, 9.17) is 28.3 Å². The Balaban J connectivity index is 0. The number of rotatable bonds is 6. The molecule has 0 atom stereocenters. The molecule has 0 rings (SSSR count). The normalized spacial score (nSPS) is 10.7. The summed E-state index contributed by atoms with van der Waals surface area (Å²) in [6, 6.07) is 0. The Labute approximate surface area is 98.9 Å². The van der Waals surface area contributed by atoms with Crippen LogP contribution < -0.4 is 0 Å². The molecule has 0 heterocycles. The molecule has 0 bridgehead atoms. The first-order valence-corrected chi connectivity index (χ1v) is 4.87. The minimum atomic E-state index is -1.59. The molecule has 0 aliphatic rings. The van der Waals surface area contributed by atoms with Crippen LogP contribution in [-0.4, -0.2) is 15.4 Å². The van der Waals surface area contributed by atoms with Gasteiger partial charge in [0.05, 0.1) is 0 Å². The maximum atomic E-state index is 10.4. The summed E-state index contributed by atoms with van der Waals surface area (Å²) in [7, 11) is 0. The van der Waals surface area contributed by atoms with Gasteiger partial charge in [0.1, 0.15) is 0 Å². The second-order valence-electron chi connectivity index (χ2n) is 2.82. The number of hydrogen-bond acceptors (Lipinski definition) is 1. The SMILES string of the molecule is CCCCCCC(Cl)(Cl)C(=O)O.[Ni]. The standard InChI is InChI=1S/C8H14Cl2O2.Ni/c1-2-3-4-5-6-8(9,10)7(11)12;/h2-6H2,1H3,(H,11,12);. The van der Waals surface area contributed by atoms with Gasteiger partial charge in [0.2, 0.25) is 4.33 Å². The number of carboxylic acids is 1. The van der Waals surface area contributed by atoms with Crippen LogP contribution in [0.25, 0.3) is 0 Å². The van der Waals surface area contributed by atoms with Gasteiger partial charge in [0.15, 0.2) is 0 Å². The molecule has 82 valence electrons. The molecule has 5 heteroatoms. The van der Waals surface area contributed by atoms with Gasteiger partial charge in [-0.3, -0.25) is 0 Å². The number of aliphatic carboxylic acids is 1. The molecule has 0 aliphatic carbocycles. The molecule has 13 heavy (non-hydrogen) atoms. The van der Waals surface area contributed by atoms with Crippen LogP contribution >= 0.6 is 23.2 Å². The number of unbranched alkanes of at least 4 members (excludes halogenated alkanes) is 3. The van der Waals surface area contributed by atoms with Crippen LogP contribution in [0.3, 0.4) is 0 Å². The fraction of sp³-hybridized carbons (Fsp3) is 0.875. The molecule has 0 saturated heterocycles. The van der Waals surface area contributed by atoms with Gasteiger partial charge >= 0.3 is 5.97 Å². The molecule has 0 aliphatic heterocycles. The third kappa shape index (κ3) is 7.60. The van der Waals surface area contributed by atoms with E-state index in [9.17, 15) is 4.79 Å². The molecule has 2 nitrogen and oxygen atoms in total. The predicted octanol–water partition coefficient (Wildman–Crippen LogP) is 3.21. The number of alkyl halides is 2. The van der Waals surface area contributed by atoms with Gasteiger partial charge in [-0.1, -0.05) is 49.4 Å². The van der Waals surface area contributed by atoms with E-state index < -0.39 is 10.3 Å². The molecule has 0 aromatic heterocycles. The maximum absolute atomic E-state index is 10.4. The Morgan fingerprint density at radius 1 is 1.31 bits per heavy atom. The minimum Gasteiger partial charge on any atom is -0.479 e. The summed E-state index contributed by atoms with van der Waals surface area (Å²) in [6.45, 7) is 2.09. The Morgan fingerprint density at radius 2 is 1.85 bits per heavy atom. The van der Waals surface area contributed by atoms with Crippen molar-refractivity contribution in [1.29, 1.82) is 0 Å². The zero-order chi connectivity index (χ0) is 9.61. The molecule has 0 saturated carbocycles. The number of halogens is 2. The first-order valence-electron chi connectivity index (χ1n) is 4.12. The first-order chi connectivity index (χ1) is 5.50. The molecule has 0 fully saturated rings. The van der Waals surface area contributed by atoms with E-state index in [2.05, 4.69) is 6.92 Å². The van der Waals surface area contributed by atoms with Gasteiger partial charge < -0.3 is 5.11 Å². The van der Waals surface area contributed by atoms with Crippen molar-refractivity contribution in [3.05, 3.63) is 0 Å². The third-order valence-corrected chi connectivity index (χ3v) is 2.36. The van der Waals surface area contributed by atoms with Crippen molar-refractivity contribution in [2.75, 3.05) is 0 Å². The van der Waals surface area contributed by atoms with E-state index in [1.165, 1.54) is 0 Å². The summed E-state index contributed by atoms with van der Waals surface area (Å²) in [4.78, 5) is 10.4. The third-order valence-electron chi connectivity index (χ3n) is 1.66. The number of carbonyl (C=O) groups is 1. The van der Waals surface area contributed by atoms with E-state index in [-0.39, 0.29) is 16.5 Å². The van der Waals surface area contributed by atoms with Crippen molar-refractivity contribution < 1.29 is 26.4 Å². The van der Waals surface area contributed by atoms with Gasteiger partial charge in [-0.2, -0.15) is 0 Å². The van der Waals surface area contributed by atoms with Crippen LogP contribution in [0, 0.1) is 0 Å². The van der Waals surface area contributed by atoms with Crippen molar-refractivity contribution in [1.82, 2.24) is 0 Å². The zero-order valence-corrected chi connectivity index (χ0v) is 9.96. The molecule has 0 unspecified atom stereocenters. The van der Waals surface area contributed by atoms with Crippen molar-refractivity contribution in [3.8, 4) is 0 Å². The first kappa shape index (κ1) is 16.0. The smallest absolute Gasteiger partial charge is 0.340 e. The van der Waals surface area contributed by atoms with Crippen LogP contribution in [-0.2, 0) is 21.3 Å². The van der Waals surface area contributed by atoms with Crippen molar-refractivity contribution in [2.45, 2.75) is 43.4 Å². The van der Waals surface area contributed by atoms with Crippen LogP contribution in [0.4, 0.5) is 0 Å². The Kier molecular flexibility index (Phi) is 9.72. The summed E-state index contributed by atoms with van der Waals surface area (Å²) in [5.41, 5.74) is 0. The number of hydrogen-bond donors (Lipinski definition) is 1. The molecule has 0 aromatic carbocycles. The van der Waals surface area contributed by atoms with Gasteiger partial charge in [0.25, 0.3) is 0 Å². The molecule has 0 aromatic rings. The van der Waals surface area contributed by atoms with Gasteiger partial charge in [-0.25, -0.2) is 4.79 Å². The molecule has 0 radical (unpaired) electrons. The molecule has 0 amide bonds. The second-order valence-corrected chi connectivity index (χ2v) is 4.30. The van der Waals surface area contributed by atoms with E-state index in [0.717, 1.165) is 25.7 Å².